The number of thioether (sulfide) groups is 2. The Morgan fingerprint density at radius 3 is 2.65 bits per heavy atom. The van der Waals surface area contributed by atoms with E-state index in [1.165, 1.54) is 5.56 Å². The van der Waals surface area contributed by atoms with Crippen LogP contribution < -0.4 is 10.5 Å². The van der Waals surface area contributed by atoms with Crippen LogP contribution in [-0.4, -0.2) is 27.6 Å². The predicted molar refractivity (Wildman–Crippen MR) is 91.9 cm³/mol. The lowest BCUT2D eigenvalue weighted by atomic mass is 10.0. The van der Waals surface area contributed by atoms with Crippen LogP contribution in [-0.2, 0) is 0 Å². The third-order valence-electron chi connectivity index (χ3n) is 3.59. The molecule has 0 spiro atoms. The summed E-state index contributed by atoms with van der Waals surface area (Å²) in [5.74, 6) is 2.05. The van der Waals surface area contributed by atoms with E-state index in [0.29, 0.717) is 10.5 Å². The first kappa shape index (κ1) is 16.1. The van der Waals surface area contributed by atoms with Gasteiger partial charge in [0.2, 0.25) is 0 Å². The van der Waals surface area contributed by atoms with E-state index in [4.69, 9.17) is 10.5 Å². The molecule has 20 heavy (non-hydrogen) atoms. The minimum atomic E-state index is 0.0816. The molecule has 0 aliphatic carbocycles. The summed E-state index contributed by atoms with van der Waals surface area (Å²) in [5, 5.41) is 1.87. The first-order valence-electron chi connectivity index (χ1n) is 7.26. The molecule has 0 bridgehead atoms. The molecule has 1 aliphatic rings. The summed E-state index contributed by atoms with van der Waals surface area (Å²) in [5.41, 5.74) is 7.67. The summed E-state index contributed by atoms with van der Waals surface area (Å²) in [7, 11) is 0. The van der Waals surface area contributed by atoms with E-state index in [1.807, 2.05) is 49.5 Å². The fraction of sp³-hybridized carbons (Fsp3) is 0.625. The molecule has 1 fully saturated rings. The van der Waals surface area contributed by atoms with Gasteiger partial charge in [-0.3, -0.25) is 0 Å². The fourth-order valence-corrected chi connectivity index (χ4v) is 5.33. The van der Waals surface area contributed by atoms with E-state index in [1.54, 1.807) is 0 Å². The van der Waals surface area contributed by atoms with Gasteiger partial charge in [0.15, 0.2) is 0 Å². The highest BCUT2D eigenvalue weighted by atomic mass is 32.2. The highest BCUT2D eigenvalue weighted by Gasteiger charge is 2.30. The van der Waals surface area contributed by atoms with Crippen molar-refractivity contribution in [2.24, 2.45) is 5.73 Å². The summed E-state index contributed by atoms with van der Waals surface area (Å²) in [6.07, 6.45) is 0.196. The van der Waals surface area contributed by atoms with Crippen molar-refractivity contribution in [2.45, 2.75) is 55.6 Å². The van der Waals surface area contributed by atoms with Crippen molar-refractivity contribution < 1.29 is 4.74 Å². The van der Waals surface area contributed by atoms with Gasteiger partial charge in [0.1, 0.15) is 5.75 Å². The van der Waals surface area contributed by atoms with Crippen LogP contribution in [0.2, 0.25) is 0 Å². The average Bonchev–Trinajstić information content (AvgIpc) is 2.40. The Kier molecular flexibility index (Phi) is 5.70. The molecule has 2 nitrogen and oxygen atoms in total. The van der Waals surface area contributed by atoms with E-state index in [2.05, 4.69) is 26.0 Å². The lowest BCUT2D eigenvalue weighted by Crippen LogP contribution is -2.34. The number of hydrogen-bond donors (Lipinski definition) is 1. The normalized spacial score (nSPS) is 28.4. The second-order valence-corrected chi connectivity index (χ2v) is 8.71. The first-order chi connectivity index (χ1) is 9.47. The monoisotopic (exact) mass is 311 g/mol. The van der Waals surface area contributed by atoms with Gasteiger partial charge in [-0.25, -0.2) is 0 Å². The zero-order chi connectivity index (χ0) is 14.7. The summed E-state index contributed by atoms with van der Waals surface area (Å²) < 4.78 is 5.76. The lowest BCUT2D eigenvalue weighted by molar-refractivity contribution is 0.242. The Morgan fingerprint density at radius 2 is 2.00 bits per heavy atom. The van der Waals surface area contributed by atoms with Crippen LogP contribution >= 0.6 is 23.5 Å². The molecule has 1 aromatic carbocycles. The Morgan fingerprint density at radius 1 is 1.25 bits per heavy atom. The predicted octanol–water partition coefficient (Wildman–Crippen LogP) is 4.10. The van der Waals surface area contributed by atoms with Crippen molar-refractivity contribution in [1.82, 2.24) is 0 Å². The van der Waals surface area contributed by atoms with Crippen molar-refractivity contribution in [3.05, 3.63) is 29.8 Å². The lowest BCUT2D eigenvalue weighted by Gasteiger charge is -2.34. The maximum atomic E-state index is 6.49. The van der Waals surface area contributed by atoms with Crippen LogP contribution in [0.15, 0.2) is 24.3 Å². The van der Waals surface area contributed by atoms with Crippen molar-refractivity contribution in [3.63, 3.8) is 0 Å². The van der Waals surface area contributed by atoms with Gasteiger partial charge in [0.05, 0.1) is 6.10 Å². The van der Waals surface area contributed by atoms with Crippen LogP contribution in [0.3, 0.4) is 0 Å². The minimum Gasteiger partial charge on any atom is -0.491 e. The third-order valence-corrected chi connectivity index (χ3v) is 7.11. The molecule has 0 aromatic heterocycles. The van der Waals surface area contributed by atoms with Gasteiger partial charge in [-0.05, 0) is 31.5 Å². The van der Waals surface area contributed by atoms with Gasteiger partial charge in [-0.2, -0.15) is 23.5 Å². The number of benzene rings is 1. The summed E-state index contributed by atoms with van der Waals surface area (Å²) in [4.78, 5) is 0. The summed E-state index contributed by atoms with van der Waals surface area (Å²) in [6, 6.07) is 8.34. The Labute approximate surface area is 131 Å². The Balaban J connectivity index is 2.07. The molecule has 0 amide bonds. The molecule has 2 N–H and O–H groups in total. The first-order valence-corrected chi connectivity index (χ1v) is 9.25. The molecule has 1 aromatic rings. The van der Waals surface area contributed by atoms with Gasteiger partial charge in [-0.15, -0.1) is 0 Å². The number of hydrogen-bond acceptors (Lipinski definition) is 4. The van der Waals surface area contributed by atoms with Crippen molar-refractivity contribution in [1.29, 1.82) is 0 Å². The van der Waals surface area contributed by atoms with Gasteiger partial charge in [0, 0.05) is 27.5 Å². The smallest absolute Gasteiger partial charge is 0.120 e. The zero-order valence-corrected chi connectivity index (χ0v) is 14.3. The van der Waals surface area contributed by atoms with Crippen LogP contribution in [0.4, 0.5) is 0 Å². The molecule has 1 heterocycles. The van der Waals surface area contributed by atoms with Crippen molar-refractivity contribution in [3.8, 4) is 5.75 Å². The molecular formula is C16H25NOS2. The zero-order valence-electron chi connectivity index (χ0n) is 12.7. The SMILES string of the molecule is CC(C)Oc1cccc(C(N)C2CSC(C)C(C)S2)c1. The Hall–Kier alpha value is -0.320. The van der Waals surface area contributed by atoms with Crippen LogP contribution in [0.1, 0.15) is 39.3 Å². The van der Waals surface area contributed by atoms with E-state index in [9.17, 15) is 0 Å². The van der Waals surface area contributed by atoms with Crippen molar-refractivity contribution >= 4 is 23.5 Å². The summed E-state index contributed by atoms with van der Waals surface area (Å²) >= 11 is 4.07. The number of ether oxygens (including phenoxy) is 1. The molecule has 0 radical (unpaired) electrons. The van der Waals surface area contributed by atoms with E-state index < -0.39 is 0 Å². The third kappa shape index (κ3) is 4.09. The maximum absolute atomic E-state index is 6.49. The van der Waals surface area contributed by atoms with Crippen LogP contribution in [0.5, 0.6) is 5.75 Å². The van der Waals surface area contributed by atoms with Crippen molar-refractivity contribution in [2.75, 3.05) is 5.75 Å². The second kappa shape index (κ2) is 7.10. The molecule has 112 valence electrons. The number of rotatable bonds is 4. The molecule has 1 saturated heterocycles. The standard InChI is InChI=1S/C16H25NOS2/c1-10(2)18-14-7-5-6-13(8-14)16(17)15-9-19-11(3)12(4)20-15/h5-8,10-12,15-16H,9,17H2,1-4H3. The largest absolute Gasteiger partial charge is 0.491 e. The van der Waals surface area contributed by atoms with E-state index in [0.717, 1.165) is 16.8 Å². The average molecular weight is 312 g/mol. The van der Waals surface area contributed by atoms with Crippen LogP contribution in [0, 0.1) is 0 Å². The fourth-order valence-electron chi connectivity index (χ4n) is 2.28. The molecule has 4 heteroatoms. The molecule has 0 saturated carbocycles. The minimum absolute atomic E-state index is 0.0816. The van der Waals surface area contributed by atoms with Gasteiger partial charge >= 0.3 is 0 Å². The molecule has 4 atom stereocenters. The highest BCUT2D eigenvalue weighted by molar-refractivity contribution is 8.07. The molecular weight excluding hydrogens is 286 g/mol. The van der Waals surface area contributed by atoms with Crippen LogP contribution in [0.25, 0.3) is 0 Å². The second-order valence-electron chi connectivity index (χ2n) is 5.68. The Bertz CT molecular complexity index is 438. The summed E-state index contributed by atoms with van der Waals surface area (Å²) in [6.45, 7) is 8.70. The maximum Gasteiger partial charge on any atom is 0.120 e. The van der Waals surface area contributed by atoms with Gasteiger partial charge < -0.3 is 10.5 Å². The highest BCUT2D eigenvalue weighted by Crippen LogP contribution is 2.40. The quantitative estimate of drug-likeness (QED) is 0.908. The van der Waals surface area contributed by atoms with Gasteiger partial charge in [0.25, 0.3) is 0 Å². The topological polar surface area (TPSA) is 35.2 Å². The number of nitrogens with two attached hydrogens (primary N) is 1. The molecule has 2 rings (SSSR count). The van der Waals surface area contributed by atoms with Gasteiger partial charge in [-0.1, -0.05) is 26.0 Å². The molecule has 1 aliphatic heterocycles. The molecule has 4 unspecified atom stereocenters. The van der Waals surface area contributed by atoms with E-state index >= 15 is 0 Å². The van der Waals surface area contributed by atoms with E-state index in [-0.39, 0.29) is 12.1 Å².